The Morgan fingerprint density at radius 3 is 2.64 bits per heavy atom. The summed E-state index contributed by atoms with van der Waals surface area (Å²) in [5.41, 5.74) is 2.88. The summed E-state index contributed by atoms with van der Waals surface area (Å²) in [5, 5.41) is 14.6. The van der Waals surface area contributed by atoms with Crippen molar-refractivity contribution in [1.29, 1.82) is 0 Å². The molecule has 0 aliphatic rings. The number of hydrogen-bond donors (Lipinski definition) is 1. The highest BCUT2D eigenvalue weighted by Crippen LogP contribution is 2.13. The number of nitro groups is 1. The topological polar surface area (TPSA) is 84.6 Å². The molecule has 2 aromatic carbocycles. The minimum Gasteiger partial charge on any atom is -0.267 e. The lowest BCUT2D eigenvalue weighted by Crippen LogP contribution is -2.20. The van der Waals surface area contributed by atoms with Crippen LogP contribution in [0.15, 0.2) is 53.6 Å². The highest BCUT2D eigenvalue weighted by molar-refractivity contribution is 6.01. The van der Waals surface area contributed by atoms with E-state index in [1.165, 1.54) is 42.5 Å². The molecule has 0 fully saturated rings. The number of nitrogens with one attached hydrogen (secondary N) is 1. The summed E-state index contributed by atoms with van der Waals surface area (Å²) in [7, 11) is 0. The van der Waals surface area contributed by atoms with Gasteiger partial charge in [0.2, 0.25) is 0 Å². The molecule has 0 bridgehead atoms. The Bertz CT molecular complexity index is 759. The van der Waals surface area contributed by atoms with Crippen molar-refractivity contribution in [3.8, 4) is 0 Å². The highest BCUT2D eigenvalue weighted by Gasteiger charge is 2.11. The number of carbonyl (C=O) groups is 1. The van der Waals surface area contributed by atoms with Crippen LogP contribution in [0.2, 0.25) is 0 Å². The molecule has 0 spiro atoms. The molecule has 0 heterocycles. The van der Waals surface area contributed by atoms with E-state index < -0.39 is 16.6 Å². The van der Waals surface area contributed by atoms with Crippen molar-refractivity contribution in [1.82, 2.24) is 5.43 Å². The van der Waals surface area contributed by atoms with Gasteiger partial charge in [0, 0.05) is 17.7 Å². The van der Waals surface area contributed by atoms with Gasteiger partial charge in [0.25, 0.3) is 11.6 Å². The number of hydrogen-bond acceptors (Lipinski definition) is 4. The predicted octanol–water partition coefficient (Wildman–Crippen LogP) is 2.89. The van der Waals surface area contributed by atoms with Gasteiger partial charge in [0.05, 0.1) is 16.2 Å². The van der Waals surface area contributed by atoms with E-state index in [1.807, 2.05) is 0 Å². The maximum Gasteiger partial charge on any atom is 0.274 e. The molecule has 22 heavy (non-hydrogen) atoms. The molecule has 0 radical (unpaired) electrons. The van der Waals surface area contributed by atoms with E-state index in [-0.39, 0.29) is 11.3 Å². The van der Waals surface area contributed by atoms with Crippen molar-refractivity contribution in [2.75, 3.05) is 0 Å². The van der Waals surface area contributed by atoms with Crippen molar-refractivity contribution in [3.63, 3.8) is 0 Å². The maximum absolute atomic E-state index is 13.4. The first-order valence-corrected chi connectivity index (χ1v) is 6.33. The van der Waals surface area contributed by atoms with Crippen molar-refractivity contribution in [2.24, 2.45) is 5.10 Å². The molecule has 6 nitrogen and oxygen atoms in total. The molecule has 0 saturated heterocycles. The quantitative estimate of drug-likeness (QED) is 0.535. The summed E-state index contributed by atoms with van der Waals surface area (Å²) < 4.78 is 13.4. The zero-order chi connectivity index (χ0) is 16.1. The van der Waals surface area contributed by atoms with Crippen molar-refractivity contribution in [2.45, 2.75) is 6.92 Å². The number of non-ortho nitro benzene ring substituents is 1. The average molecular weight is 301 g/mol. The van der Waals surface area contributed by atoms with Crippen LogP contribution in [0, 0.1) is 15.9 Å². The van der Waals surface area contributed by atoms with E-state index in [2.05, 4.69) is 10.5 Å². The lowest BCUT2D eigenvalue weighted by molar-refractivity contribution is -0.384. The van der Waals surface area contributed by atoms with Gasteiger partial charge in [-0.3, -0.25) is 14.9 Å². The second kappa shape index (κ2) is 6.57. The molecule has 0 aliphatic heterocycles. The summed E-state index contributed by atoms with van der Waals surface area (Å²) in [6, 6.07) is 11.4. The summed E-state index contributed by atoms with van der Waals surface area (Å²) in [5.74, 6) is -1.34. The third kappa shape index (κ3) is 3.51. The van der Waals surface area contributed by atoms with E-state index >= 15 is 0 Å². The molecular formula is C15H12FN3O3. The third-order valence-corrected chi connectivity index (χ3v) is 2.92. The summed E-state index contributed by atoms with van der Waals surface area (Å²) in [6.45, 7) is 1.58. The molecule has 0 unspecified atom stereocenters. The van der Waals surface area contributed by atoms with E-state index in [0.29, 0.717) is 11.3 Å². The van der Waals surface area contributed by atoms with Gasteiger partial charge in [-0.1, -0.05) is 24.3 Å². The fourth-order valence-electron chi connectivity index (χ4n) is 1.75. The summed E-state index contributed by atoms with van der Waals surface area (Å²) >= 11 is 0. The van der Waals surface area contributed by atoms with Crippen LogP contribution in [0.5, 0.6) is 0 Å². The molecule has 0 aromatic heterocycles. The molecule has 2 aromatic rings. The van der Waals surface area contributed by atoms with Crippen LogP contribution in [0.1, 0.15) is 22.8 Å². The smallest absolute Gasteiger partial charge is 0.267 e. The largest absolute Gasteiger partial charge is 0.274 e. The zero-order valence-corrected chi connectivity index (χ0v) is 11.6. The van der Waals surface area contributed by atoms with Gasteiger partial charge in [-0.2, -0.15) is 5.10 Å². The Morgan fingerprint density at radius 1 is 1.23 bits per heavy atom. The fourth-order valence-corrected chi connectivity index (χ4v) is 1.75. The SMILES string of the molecule is C/C(=N\NC(=O)c1ccccc1F)c1cccc([N+](=O)[O-])c1. The molecule has 7 heteroatoms. The molecule has 1 N–H and O–H groups in total. The summed E-state index contributed by atoms with van der Waals surface area (Å²) in [6.07, 6.45) is 0. The second-order valence-electron chi connectivity index (χ2n) is 4.43. The van der Waals surface area contributed by atoms with Crippen molar-refractivity contribution >= 4 is 17.3 Å². The van der Waals surface area contributed by atoms with E-state index in [0.717, 1.165) is 0 Å². The number of amides is 1. The van der Waals surface area contributed by atoms with Crippen LogP contribution >= 0.6 is 0 Å². The van der Waals surface area contributed by atoms with Gasteiger partial charge in [0.15, 0.2) is 0 Å². The number of rotatable bonds is 4. The molecule has 2 rings (SSSR count). The first-order valence-electron chi connectivity index (χ1n) is 6.33. The monoisotopic (exact) mass is 301 g/mol. The first-order chi connectivity index (χ1) is 10.5. The summed E-state index contributed by atoms with van der Waals surface area (Å²) in [4.78, 5) is 22.0. The van der Waals surface area contributed by atoms with Crippen LogP contribution < -0.4 is 5.43 Å². The predicted molar refractivity (Wildman–Crippen MR) is 79.2 cm³/mol. The van der Waals surface area contributed by atoms with Gasteiger partial charge < -0.3 is 0 Å². The van der Waals surface area contributed by atoms with Gasteiger partial charge in [-0.15, -0.1) is 0 Å². The van der Waals surface area contributed by atoms with E-state index in [4.69, 9.17) is 0 Å². The van der Waals surface area contributed by atoms with Gasteiger partial charge in [-0.25, -0.2) is 9.82 Å². The number of nitro benzene ring substituents is 1. The Hall–Kier alpha value is -3.09. The molecule has 0 atom stereocenters. The van der Waals surface area contributed by atoms with Crippen LogP contribution in [-0.4, -0.2) is 16.5 Å². The van der Waals surface area contributed by atoms with Crippen molar-refractivity contribution < 1.29 is 14.1 Å². The highest BCUT2D eigenvalue weighted by atomic mass is 19.1. The van der Waals surface area contributed by atoms with E-state index in [9.17, 15) is 19.3 Å². The lowest BCUT2D eigenvalue weighted by atomic mass is 10.1. The fraction of sp³-hybridized carbons (Fsp3) is 0.0667. The lowest BCUT2D eigenvalue weighted by Gasteiger charge is -2.04. The number of hydrazone groups is 1. The molecule has 0 saturated carbocycles. The third-order valence-electron chi connectivity index (χ3n) is 2.92. The minimum absolute atomic E-state index is 0.0764. The van der Waals surface area contributed by atoms with Crippen LogP contribution in [0.4, 0.5) is 10.1 Å². The Labute approximate surface area is 125 Å². The first kappa shape index (κ1) is 15.3. The van der Waals surface area contributed by atoms with Gasteiger partial charge in [-0.05, 0) is 19.1 Å². The van der Waals surface area contributed by atoms with Crippen LogP contribution in [-0.2, 0) is 0 Å². The van der Waals surface area contributed by atoms with E-state index in [1.54, 1.807) is 13.0 Å². The molecule has 0 aliphatic carbocycles. The van der Waals surface area contributed by atoms with Crippen LogP contribution in [0.3, 0.4) is 0 Å². The Morgan fingerprint density at radius 2 is 1.95 bits per heavy atom. The standard InChI is InChI=1S/C15H12FN3O3/c1-10(11-5-4-6-12(9-11)19(21)22)17-18-15(20)13-7-2-3-8-14(13)16/h2-9H,1H3,(H,18,20)/b17-10+. The number of halogens is 1. The number of carbonyl (C=O) groups excluding carboxylic acids is 1. The van der Waals surface area contributed by atoms with Crippen LogP contribution in [0.25, 0.3) is 0 Å². The Kier molecular flexibility index (Phi) is 4.57. The normalized spacial score (nSPS) is 11.1. The molecular weight excluding hydrogens is 289 g/mol. The van der Waals surface area contributed by atoms with Crippen molar-refractivity contribution in [3.05, 3.63) is 75.6 Å². The molecule has 112 valence electrons. The minimum atomic E-state index is -0.692. The second-order valence-corrected chi connectivity index (χ2v) is 4.43. The Balaban J connectivity index is 2.16. The zero-order valence-electron chi connectivity index (χ0n) is 11.6. The molecule has 1 amide bonds. The average Bonchev–Trinajstić information content (AvgIpc) is 2.52. The number of nitrogens with zero attached hydrogens (tertiary/aromatic N) is 2. The van der Waals surface area contributed by atoms with Gasteiger partial charge in [0.1, 0.15) is 5.82 Å². The maximum atomic E-state index is 13.4. The number of benzene rings is 2. The van der Waals surface area contributed by atoms with Gasteiger partial charge >= 0.3 is 0 Å².